The molecule has 30 heavy (non-hydrogen) atoms. The molecule has 8 heteroatoms. The number of aromatic nitrogens is 3. The molecular formula is C22H16ClN3O3S. The molecule has 0 aliphatic carbocycles. The molecule has 1 fully saturated rings. The van der Waals surface area contributed by atoms with Crippen LogP contribution in [0, 0.1) is 0 Å². The maximum Gasteiger partial charge on any atom is 0.320 e. The number of benzene rings is 2. The Hall–Kier alpha value is -2.90. The molecule has 0 amide bonds. The van der Waals surface area contributed by atoms with Gasteiger partial charge in [0, 0.05) is 22.4 Å². The summed E-state index contributed by atoms with van der Waals surface area (Å²) in [5.74, 6) is 0.136. The summed E-state index contributed by atoms with van der Waals surface area (Å²) in [6, 6.07) is 17.2. The van der Waals surface area contributed by atoms with Crippen LogP contribution >= 0.6 is 23.4 Å². The maximum atomic E-state index is 11.9. The Bertz CT molecular complexity index is 1240. The topological polar surface area (TPSA) is 78.1 Å². The Morgan fingerprint density at radius 1 is 1.10 bits per heavy atom. The predicted molar refractivity (Wildman–Crippen MR) is 115 cm³/mol. The van der Waals surface area contributed by atoms with Crippen LogP contribution in [0.4, 0.5) is 0 Å². The molecule has 6 nitrogen and oxygen atoms in total. The van der Waals surface area contributed by atoms with Crippen LogP contribution in [0.3, 0.4) is 0 Å². The fourth-order valence-electron chi connectivity index (χ4n) is 3.43. The van der Waals surface area contributed by atoms with E-state index in [9.17, 15) is 4.79 Å². The summed E-state index contributed by atoms with van der Waals surface area (Å²) in [5.41, 5.74) is 3.32. The highest BCUT2D eigenvalue weighted by molar-refractivity contribution is 8.00. The van der Waals surface area contributed by atoms with Crippen molar-refractivity contribution in [1.82, 2.24) is 15.2 Å². The number of rotatable bonds is 4. The third kappa shape index (κ3) is 3.66. The van der Waals surface area contributed by atoms with E-state index in [0.29, 0.717) is 22.6 Å². The molecule has 2 aromatic heterocycles. The summed E-state index contributed by atoms with van der Waals surface area (Å²) >= 11 is 7.27. The van der Waals surface area contributed by atoms with Crippen molar-refractivity contribution in [2.75, 3.05) is 0 Å². The highest BCUT2D eigenvalue weighted by Crippen LogP contribution is 2.35. The third-order valence-corrected chi connectivity index (χ3v) is 6.15. The van der Waals surface area contributed by atoms with Gasteiger partial charge >= 0.3 is 5.97 Å². The zero-order chi connectivity index (χ0) is 20.7. The fourth-order valence-corrected chi connectivity index (χ4v) is 4.53. The molecule has 150 valence electrons. The van der Waals surface area contributed by atoms with Gasteiger partial charge in [0.1, 0.15) is 11.4 Å². The van der Waals surface area contributed by atoms with E-state index in [1.165, 1.54) is 11.8 Å². The molecule has 0 unspecified atom stereocenters. The largest absolute Gasteiger partial charge is 0.462 e. The summed E-state index contributed by atoms with van der Waals surface area (Å²) in [6.07, 6.45) is 0.531. The molecule has 4 aromatic rings. The number of hydrogen-bond donors (Lipinski definition) is 0. The van der Waals surface area contributed by atoms with Crippen LogP contribution in [-0.4, -0.2) is 32.5 Å². The number of ether oxygens (including phenoxy) is 1. The van der Waals surface area contributed by atoms with Gasteiger partial charge in [-0.05, 0) is 43.0 Å². The summed E-state index contributed by atoms with van der Waals surface area (Å²) in [6.45, 7) is 1.87. The first kappa shape index (κ1) is 19.1. The maximum absolute atomic E-state index is 11.9. The van der Waals surface area contributed by atoms with Gasteiger partial charge in [-0.1, -0.05) is 41.9 Å². The van der Waals surface area contributed by atoms with Crippen molar-refractivity contribution in [1.29, 1.82) is 0 Å². The highest BCUT2D eigenvalue weighted by Gasteiger charge is 2.34. The van der Waals surface area contributed by atoms with Gasteiger partial charge in [0.25, 0.3) is 5.22 Å². The Labute approximate surface area is 181 Å². The van der Waals surface area contributed by atoms with E-state index >= 15 is 0 Å². The first-order valence-electron chi connectivity index (χ1n) is 9.43. The summed E-state index contributed by atoms with van der Waals surface area (Å²) in [4.78, 5) is 16.7. The second-order valence-corrected chi connectivity index (χ2v) is 8.63. The lowest BCUT2D eigenvalue weighted by Gasteiger charge is -2.07. The normalized spacial score (nSPS) is 18.7. The number of fused-ring (bicyclic) bond motifs is 1. The molecule has 0 radical (unpaired) electrons. The first-order valence-corrected chi connectivity index (χ1v) is 10.7. The van der Waals surface area contributed by atoms with Crippen LogP contribution in [0.15, 0.2) is 64.2 Å². The Balaban J connectivity index is 1.54. The Morgan fingerprint density at radius 3 is 2.67 bits per heavy atom. The lowest BCUT2D eigenvalue weighted by atomic mass is 10.0. The molecule has 1 aliphatic rings. The second-order valence-electron chi connectivity index (χ2n) is 7.04. The standard InChI is InChI=1S/C22H16ClN3O3S/c1-12-10-19(21(27)28-12)30-22-26-25-20(29-22)16-11-18(13-6-8-14(23)9-7-13)24-17-5-3-2-4-15(16)17/h2-9,11-12,19H,10H2,1H3/t12-,19+/m0/s1. The van der Waals surface area contributed by atoms with E-state index in [4.69, 9.17) is 25.7 Å². The van der Waals surface area contributed by atoms with E-state index < -0.39 is 0 Å². The molecule has 0 N–H and O–H groups in total. The number of pyridine rings is 1. The molecular weight excluding hydrogens is 422 g/mol. The molecule has 0 bridgehead atoms. The van der Waals surface area contributed by atoms with E-state index in [1.54, 1.807) is 0 Å². The molecule has 1 aliphatic heterocycles. The number of nitrogens with zero attached hydrogens (tertiary/aromatic N) is 3. The van der Waals surface area contributed by atoms with Crippen molar-refractivity contribution in [3.63, 3.8) is 0 Å². The average Bonchev–Trinajstić information content (AvgIpc) is 3.33. The molecule has 0 saturated carbocycles. The molecule has 0 spiro atoms. The number of carbonyl (C=O) groups excluding carboxylic acids is 1. The summed E-state index contributed by atoms with van der Waals surface area (Å²) in [7, 11) is 0. The smallest absolute Gasteiger partial charge is 0.320 e. The van der Waals surface area contributed by atoms with Gasteiger partial charge in [-0.15, -0.1) is 10.2 Å². The van der Waals surface area contributed by atoms with Gasteiger partial charge in [0.2, 0.25) is 5.89 Å². The Kier molecular flexibility index (Phi) is 4.92. The van der Waals surface area contributed by atoms with Gasteiger partial charge in [-0.25, -0.2) is 4.98 Å². The number of para-hydroxylation sites is 1. The lowest BCUT2D eigenvalue weighted by Crippen LogP contribution is -2.09. The van der Waals surface area contributed by atoms with Gasteiger partial charge in [-0.2, -0.15) is 0 Å². The Morgan fingerprint density at radius 2 is 1.90 bits per heavy atom. The van der Waals surface area contributed by atoms with Crippen LogP contribution in [0.1, 0.15) is 13.3 Å². The van der Waals surface area contributed by atoms with E-state index in [-0.39, 0.29) is 17.3 Å². The minimum Gasteiger partial charge on any atom is -0.462 e. The van der Waals surface area contributed by atoms with E-state index in [2.05, 4.69) is 10.2 Å². The number of esters is 1. The summed E-state index contributed by atoms with van der Waals surface area (Å²) < 4.78 is 11.1. The molecule has 3 heterocycles. The highest BCUT2D eigenvalue weighted by atomic mass is 35.5. The van der Waals surface area contributed by atoms with Gasteiger partial charge in [-0.3, -0.25) is 4.79 Å². The molecule has 1 saturated heterocycles. The van der Waals surface area contributed by atoms with E-state index in [0.717, 1.165) is 27.7 Å². The van der Waals surface area contributed by atoms with Crippen LogP contribution in [-0.2, 0) is 9.53 Å². The second kappa shape index (κ2) is 7.74. The number of cyclic esters (lactones) is 1. The van der Waals surface area contributed by atoms with Crippen molar-refractivity contribution in [3.8, 4) is 22.7 Å². The lowest BCUT2D eigenvalue weighted by molar-refractivity contribution is -0.140. The first-order chi connectivity index (χ1) is 14.6. The zero-order valence-electron chi connectivity index (χ0n) is 15.9. The monoisotopic (exact) mass is 437 g/mol. The molecule has 5 rings (SSSR count). The van der Waals surface area contributed by atoms with E-state index in [1.807, 2.05) is 61.5 Å². The number of carbonyl (C=O) groups is 1. The van der Waals surface area contributed by atoms with Crippen LogP contribution < -0.4 is 0 Å². The van der Waals surface area contributed by atoms with Crippen molar-refractivity contribution in [2.24, 2.45) is 0 Å². The zero-order valence-corrected chi connectivity index (χ0v) is 17.5. The van der Waals surface area contributed by atoms with Crippen LogP contribution in [0.2, 0.25) is 5.02 Å². The van der Waals surface area contributed by atoms with Gasteiger partial charge in [0.05, 0.1) is 16.8 Å². The number of thioether (sulfide) groups is 1. The minimum atomic E-state index is -0.327. The number of halogens is 1. The quantitative estimate of drug-likeness (QED) is 0.395. The van der Waals surface area contributed by atoms with Crippen molar-refractivity contribution in [2.45, 2.75) is 29.9 Å². The fraction of sp³-hybridized carbons (Fsp3) is 0.182. The van der Waals surface area contributed by atoms with Crippen LogP contribution in [0.5, 0.6) is 0 Å². The molecule has 2 atom stereocenters. The minimum absolute atomic E-state index is 0.0940. The third-order valence-electron chi connectivity index (χ3n) is 4.86. The molecule has 2 aromatic carbocycles. The SMILES string of the molecule is C[C@H]1C[C@@H](Sc2nnc(-c3cc(-c4ccc(Cl)cc4)nc4ccccc34)o2)C(=O)O1. The van der Waals surface area contributed by atoms with Gasteiger partial charge < -0.3 is 9.15 Å². The summed E-state index contributed by atoms with van der Waals surface area (Å²) in [5, 5.41) is 9.96. The predicted octanol–water partition coefficient (Wildman–Crippen LogP) is 5.40. The number of hydrogen-bond acceptors (Lipinski definition) is 7. The van der Waals surface area contributed by atoms with Crippen molar-refractivity contribution < 1.29 is 13.9 Å². The van der Waals surface area contributed by atoms with Crippen molar-refractivity contribution in [3.05, 3.63) is 59.6 Å². The van der Waals surface area contributed by atoms with Gasteiger partial charge in [0.15, 0.2) is 0 Å². The van der Waals surface area contributed by atoms with Crippen molar-refractivity contribution >= 4 is 40.2 Å². The average molecular weight is 438 g/mol. The van der Waals surface area contributed by atoms with Crippen LogP contribution in [0.25, 0.3) is 33.6 Å².